The van der Waals surface area contributed by atoms with E-state index in [2.05, 4.69) is 15.6 Å². The highest BCUT2D eigenvalue weighted by molar-refractivity contribution is 5.92. The van der Waals surface area contributed by atoms with Crippen molar-refractivity contribution >= 4 is 29.9 Å². The van der Waals surface area contributed by atoms with E-state index in [-0.39, 0.29) is 48.4 Å². The Bertz CT molecular complexity index is 454. The van der Waals surface area contributed by atoms with Gasteiger partial charge in [0.15, 0.2) is 0 Å². The topological polar surface area (TPSA) is 97.1 Å². The molecule has 0 unspecified atom stereocenters. The number of carbonyl (C=O) groups is 2. The molecule has 0 aliphatic rings. The molecular weight excluding hydrogens is 280 g/mol. The van der Waals surface area contributed by atoms with Gasteiger partial charge in [0.1, 0.15) is 5.69 Å². The summed E-state index contributed by atoms with van der Waals surface area (Å²) in [5.74, 6) is -0.415. The fourth-order valence-electron chi connectivity index (χ4n) is 1.40. The van der Waals surface area contributed by atoms with E-state index in [9.17, 15) is 9.59 Å². The second-order valence-electron chi connectivity index (χ2n) is 5.28. The van der Waals surface area contributed by atoms with Gasteiger partial charge in [-0.05, 0) is 32.9 Å². The van der Waals surface area contributed by atoms with Crippen molar-refractivity contribution in [3.8, 4) is 0 Å². The zero-order valence-electron chi connectivity index (χ0n) is 11.9. The van der Waals surface area contributed by atoms with Crippen LogP contribution in [-0.4, -0.2) is 28.9 Å². The van der Waals surface area contributed by atoms with Crippen LogP contribution in [0.2, 0.25) is 0 Å². The van der Waals surface area contributed by atoms with Gasteiger partial charge >= 0.3 is 0 Å². The number of hydrogen-bond donors (Lipinski definition) is 3. The van der Waals surface area contributed by atoms with Gasteiger partial charge in [0.25, 0.3) is 5.91 Å². The summed E-state index contributed by atoms with van der Waals surface area (Å²) in [6.45, 7) is 5.98. The maximum Gasteiger partial charge on any atom is 0.269 e. The van der Waals surface area contributed by atoms with E-state index in [1.807, 2.05) is 20.8 Å². The quantitative estimate of drug-likeness (QED) is 0.776. The fraction of sp³-hybridized carbons (Fsp3) is 0.462. The summed E-state index contributed by atoms with van der Waals surface area (Å²) in [7, 11) is 0. The van der Waals surface area contributed by atoms with Gasteiger partial charge < -0.3 is 16.4 Å². The van der Waals surface area contributed by atoms with E-state index in [0.29, 0.717) is 5.69 Å². The molecule has 112 valence electrons. The Balaban J connectivity index is 0.00000361. The van der Waals surface area contributed by atoms with E-state index < -0.39 is 0 Å². The molecule has 1 aromatic heterocycles. The third kappa shape index (κ3) is 6.94. The molecule has 20 heavy (non-hydrogen) atoms. The highest BCUT2D eigenvalue weighted by Gasteiger charge is 2.13. The summed E-state index contributed by atoms with van der Waals surface area (Å²) >= 11 is 0. The molecule has 6 nitrogen and oxygen atoms in total. The van der Waals surface area contributed by atoms with E-state index in [1.165, 1.54) is 6.20 Å². The Labute approximate surface area is 124 Å². The van der Waals surface area contributed by atoms with Crippen molar-refractivity contribution < 1.29 is 9.59 Å². The second-order valence-corrected chi connectivity index (χ2v) is 5.28. The van der Waals surface area contributed by atoms with E-state index >= 15 is 0 Å². The van der Waals surface area contributed by atoms with E-state index in [4.69, 9.17) is 5.73 Å². The molecule has 1 aromatic rings. The minimum Gasteiger partial charge on any atom is -0.397 e. The summed E-state index contributed by atoms with van der Waals surface area (Å²) < 4.78 is 0. The lowest BCUT2D eigenvalue weighted by atomic mass is 10.1. The summed E-state index contributed by atoms with van der Waals surface area (Å²) in [6.07, 6.45) is 1.65. The number of aromatic nitrogens is 1. The second kappa shape index (κ2) is 7.69. The predicted molar refractivity (Wildman–Crippen MR) is 80.7 cm³/mol. The van der Waals surface area contributed by atoms with Crippen LogP contribution in [0, 0.1) is 0 Å². The van der Waals surface area contributed by atoms with Gasteiger partial charge in [-0.1, -0.05) is 0 Å². The Morgan fingerprint density at radius 1 is 1.30 bits per heavy atom. The third-order valence-corrected chi connectivity index (χ3v) is 2.17. The summed E-state index contributed by atoms with van der Waals surface area (Å²) in [6, 6.07) is 3.15. The van der Waals surface area contributed by atoms with Crippen LogP contribution < -0.4 is 16.4 Å². The van der Waals surface area contributed by atoms with Crippen LogP contribution in [0.25, 0.3) is 0 Å². The molecule has 0 spiro atoms. The number of rotatable bonds is 4. The SMILES string of the molecule is CC(C)(C)NC(=O)CCNC(=O)c1ccc(N)cn1.Cl. The normalized spacial score (nSPS) is 10.3. The van der Waals surface area contributed by atoms with Crippen molar-refractivity contribution in [2.45, 2.75) is 32.7 Å². The van der Waals surface area contributed by atoms with Crippen LogP contribution in [0.1, 0.15) is 37.7 Å². The number of pyridine rings is 1. The number of nitrogens with one attached hydrogen (secondary N) is 2. The molecule has 0 fully saturated rings. The first kappa shape index (κ1) is 18.2. The number of carbonyl (C=O) groups excluding carboxylic acids is 2. The lowest BCUT2D eigenvalue weighted by molar-refractivity contribution is -0.122. The van der Waals surface area contributed by atoms with Crippen LogP contribution in [0.15, 0.2) is 18.3 Å². The molecular formula is C13H21ClN4O2. The van der Waals surface area contributed by atoms with Crippen LogP contribution in [-0.2, 0) is 4.79 Å². The maximum absolute atomic E-state index is 11.7. The average Bonchev–Trinajstić information content (AvgIpc) is 2.27. The number of nitrogen functional groups attached to an aromatic ring is 1. The van der Waals surface area contributed by atoms with Gasteiger partial charge in [-0.3, -0.25) is 9.59 Å². The Kier molecular flexibility index (Phi) is 6.99. The van der Waals surface area contributed by atoms with Crippen molar-refractivity contribution in [1.82, 2.24) is 15.6 Å². The lowest BCUT2D eigenvalue weighted by Gasteiger charge is -2.20. The molecule has 7 heteroatoms. The number of nitrogens with zero attached hydrogens (tertiary/aromatic N) is 1. The van der Waals surface area contributed by atoms with Crippen LogP contribution >= 0.6 is 12.4 Å². The lowest BCUT2D eigenvalue weighted by Crippen LogP contribution is -2.42. The first-order valence-corrected chi connectivity index (χ1v) is 6.09. The Morgan fingerprint density at radius 2 is 1.95 bits per heavy atom. The largest absolute Gasteiger partial charge is 0.397 e. The number of nitrogens with two attached hydrogens (primary N) is 1. The van der Waals surface area contributed by atoms with Crippen molar-refractivity contribution in [3.05, 3.63) is 24.0 Å². The first-order valence-electron chi connectivity index (χ1n) is 6.09. The zero-order valence-corrected chi connectivity index (χ0v) is 12.7. The van der Waals surface area contributed by atoms with Crippen molar-refractivity contribution in [1.29, 1.82) is 0 Å². The molecule has 0 saturated carbocycles. The third-order valence-electron chi connectivity index (χ3n) is 2.17. The molecule has 1 heterocycles. The number of hydrogen-bond acceptors (Lipinski definition) is 4. The van der Waals surface area contributed by atoms with Crippen molar-refractivity contribution in [2.75, 3.05) is 12.3 Å². The molecule has 1 rings (SSSR count). The molecule has 4 N–H and O–H groups in total. The van der Waals surface area contributed by atoms with Gasteiger partial charge in [0, 0.05) is 18.5 Å². The number of anilines is 1. The molecule has 0 aliphatic carbocycles. The Morgan fingerprint density at radius 3 is 2.45 bits per heavy atom. The fourth-order valence-corrected chi connectivity index (χ4v) is 1.40. The number of amides is 2. The predicted octanol–water partition coefficient (Wildman–Crippen LogP) is 1.12. The summed E-state index contributed by atoms with van der Waals surface area (Å²) in [5.41, 5.74) is 6.00. The molecule has 0 aromatic carbocycles. The molecule has 0 bridgehead atoms. The summed E-state index contributed by atoms with van der Waals surface area (Å²) in [4.78, 5) is 27.1. The van der Waals surface area contributed by atoms with Gasteiger partial charge in [0.2, 0.25) is 5.91 Å². The average molecular weight is 301 g/mol. The van der Waals surface area contributed by atoms with Crippen LogP contribution in [0.4, 0.5) is 5.69 Å². The number of halogens is 1. The molecule has 0 aliphatic heterocycles. The maximum atomic E-state index is 11.7. The zero-order chi connectivity index (χ0) is 14.5. The smallest absolute Gasteiger partial charge is 0.269 e. The molecule has 0 radical (unpaired) electrons. The Hall–Kier alpha value is -1.82. The molecule has 2 amide bonds. The van der Waals surface area contributed by atoms with Gasteiger partial charge in [0.05, 0.1) is 11.9 Å². The minimum atomic E-state index is -0.316. The molecule has 0 saturated heterocycles. The van der Waals surface area contributed by atoms with Crippen LogP contribution in [0.5, 0.6) is 0 Å². The monoisotopic (exact) mass is 300 g/mol. The minimum absolute atomic E-state index is 0. The van der Waals surface area contributed by atoms with E-state index in [1.54, 1.807) is 12.1 Å². The van der Waals surface area contributed by atoms with Gasteiger partial charge in [-0.25, -0.2) is 4.98 Å². The van der Waals surface area contributed by atoms with Crippen LogP contribution in [0.3, 0.4) is 0 Å². The van der Waals surface area contributed by atoms with Gasteiger partial charge in [-0.2, -0.15) is 0 Å². The van der Waals surface area contributed by atoms with Crippen molar-refractivity contribution in [3.63, 3.8) is 0 Å². The van der Waals surface area contributed by atoms with Gasteiger partial charge in [-0.15, -0.1) is 12.4 Å². The molecule has 0 atom stereocenters. The standard InChI is InChI=1S/C13H20N4O2.ClH/c1-13(2,3)17-11(18)6-7-15-12(19)10-5-4-9(14)8-16-10;/h4-5,8H,6-7,14H2,1-3H3,(H,15,19)(H,17,18);1H. The summed E-state index contributed by atoms with van der Waals surface area (Å²) in [5, 5.41) is 5.45. The first-order chi connectivity index (χ1) is 8.78. The van der Waals surface area contributed by atoms with E-state index in [0.717, 1.165) is 0 Å². The van der Waals surface area contributed by atoms with Crippen molar-refractivity contribution in [2.24, 2.45) is 0 Å². The highest BCUT2D eigenvalue weighted by atomic mass is 35.5. The highest BCUT2D eigenvalue weighted by Crippen LogP contribution is 2.01.